The average molecular weight is 161 g/mol. The first-order chi connectivity index (χ1) is 5.11. The van der Waals surface area contributed by atoms with Gasteiger partial charge in [-0.1, -0.05) is 0 Å². The van der Waals surface area contributed by atoms with Crippen molar-refractivity contribution in [2.45, 2.75) is 26.0 Å². The maximum atomic E-state index is 10.7. The zero-order valence-electron chi connectivity index (χ0n) is 7.38. The molecule has 0 aromatic carbocycles. The molecule has 0 saturated heterocycles. The van der Waals surface area contributed by atoms with Gasteiger partial charge in [0, 0.05) is 7.11 Å². The highest BCUT2D eigenvalue weighted by Gasteiger charge is 2.13. The summed E-state index contributed by atoms with van der Waals surface area (Å²) < 4.78 is 9.40. The van der Waals surface area contributed by atoms with Gasteiger partial charge in [0.1, 0.15) is 0 Å². The number of nitrogens with one attached hydrogen (secondary N) is 1. The van der Waals surface area contributed by atoms with E-state index in [1.54, 1.807) is 7.11 Å². The van der Waals surface area contributed by atoms with Crippen molar-refractivity contribution in [3.8, 4) is 0 Å². The second kappa shape index (κ2) is 4.96. The van der Waals surface area contributed by atoms with Crippen molar-refractivity contribution in [1.82, 2.24) is 5.32 Å². The lowest BCUT2D eigenvalue weighted by molar-refractivity contribution is 0.0843. The van der Waals surface area contributed by atoms with E-state index in [4.69, 9.17) is 4.74 Å². The lowest BCUT2D eigenvalue weighted by Crippen LogP contribution is -2.40. The SMILES string of the molecule is COC(=O)NC(C)C(C)OC. The largest absolute Gasteiger partial charge is 0.453 e. The minimum Gasteiger partial charge on any atom is -0.453 e. The van der Waals surface area contributed by atoms with E-state index in [2.05, 4.69) is 10.1 Å². The lowest BCUT2D eigenvalue weighted by atomic mass is 10.2. The molecule has 0 aliphatic rings. The van der Waals surface area contributed by atoms with E-state index in [-0.39, 0.29) is 12.1 Å². The summed E-state index contributed by atoms with van der Waals surface area (Å²) in [6.07, 6.45) is -0.435. The van der Waals surface area contributed by atoms with Crippen LogP contribution >= 0.6 is 0 Å². The summed E-state index contributed by atoms with van der Waals surface area (Å²) >= 11 is 0. The number of carbonyl (C=O) groups excluding carboxylic acids is 1. The molecule has 0 fully saturated rings. The maximum Gasteiger partial charge on any atom is 0.407 e. The number of methoxy groups -OCH3 is 2. The molecule has 4 nitrogen and oxygen atoms in total. The topological polar surface area (TPSA) is 47.6 Å². The Bertz CT molecular complexity index is 127. The number of hydrogen-bond acceptors (Lipinski definition) is 3. The van der Waals surface area contributed by atoms with Crippen LogP contribution < -0.4 is 5.32 Å². The molecule has 0 saturated carbocycles. The molecule has 0 aliphatic carbocycles. The predicted octanol–water partition coefficient (Wildman–Crippen LogP) is 0.766. The van der Waals surface area contributed by atoms with Crippen LogP contribution in [0.3, 0.4) is 0 Å². The first kappa shape index (κ1) is 10.2. The summed E-state index contributed by atoms with van der Waals surface area (Å²) in [4.78, 5) is 10.7. The first-order valence-corrected chi connectivity index (χ1v) is 3.49. The lowest BCUT2D eigenvalue weighted by Gasteiger charge is -2.18. The Morgan fingerprint density at radius 3 is 2.27 bits per heavy atom. The van der Waals surface area contributed by atoms with Gasteiger partial charge < -0.3 is 14.8 Å². The third kappa shape index (κ3) is 3.83. The molecule has 0 aliphatic heterocycles. The highest BCUT2D eigenvalue weighted by Crippen LogP contribution is 1.95. The molecule has 1 amide bonds. The van der Waals surface area contributed by atoms with E-state index in [1.165, 1.54) is 7.11 Å². The molecule has 66 valence electrons. The number of hydrogen-bond donors (Lipinski definition) is 1. The summed E-state index contributed by atoms with van der Waals surface area (Å²) in [7, 11) is 2.93. The minimum atomic E-state index is -0.429. The molecule has 0 aromatic rings. The van der Waals surface area contributed by atoms with Gasteiger partial charge in [0.25, 0.3) is 0 Å². The van der Waals surface area contributed by atoms with Gasteiger partial charge >= 0.3 is 6.09 Å². The third-order valence-electron chi connectivity index (χ3n) is 1.61. The molecule has 0 spiro atoms. The fourth-order valence-electron chi connectivity index (χ4n) is 0.566. The van der Waals surface area contributed by atoms with Gasteiger partial charge in [0.05, 0.1) is 19.3 Å². The molecule has 4 heteroatoms. The molecule has 0 rings (SSSR count). The molecule has 2 unspecified atom stereocenters. The van der Waals surface area contributed by atoms with Gasteiger partial charge in [0.2, 0.25) is 0 Å². The van der Waals surface area contributed by atoms with Crippen LogP contribution in [0, 0.1) is 0 Å². The van der Waals surface area contributed by atoms with Crippen molar-refractivity contribution < 1.29 is 14.3 Å². The number of amides is 1. The van der Waals surface area contributed by atoms with Gasteiger partial charge in [-0.25, -0.2) is 4.79 Å². The number of rotatable bonds is 3. The van der Waals surface area contributed by atoms with Gasteiger partial charge in [0.15, 0.2) is 0 Å². The van der Waals surface area contributed by atoms with Crippen LogP contribution in [0.1, 0.15) is 13.8 Å². The van der Waals surface area contributed by atoms with Crippen molar-refractivity contribution in [3.63, 3.8) is 0 Å². The van der Waals surface area contributed by atoms with Crippen LogP contribution in [0.4, 0.5) is 4.79 Å². The van der Waals surface area contributed by atoms with Crippen LogP contribution in [0.15, 0.2) is 0 Å². The van der Waals surface area contributed by atoms with Gasteiger partial charge in [-0.3, -0.25) is 0 Å². The Kier molecular flexibility index (Phi) is 4.61. The number of alkyl carbamates (subject to hydrolysis) is 1. The Hall–Kier alpha value is -0.770. The van der Waals surface area contributed by atoms with Crippen molar-refractivity contribution in [2.24, 2.45) is 0 Å². The van der Waals surface area contributed by atoms with Gasteiger partial charge in [-0.05, 0) is 13.8 Å². The molecule has 11 heavy (non-hydrogen) atoms. The van der Waals surface area contributed by atoms with Crippen LogP contribution in [0.5, 0.6) is 0 Å². The molecule has 2 atom stereocenters. The van der Waals surface area contributed by atoms with Crippen LogP contribution in [-0.2, 0) is 9.47 Å². The van der Waals surface area contributed by atoms with Crippen molar-refractivity contribution in [3.05, 3.63) is 0 Å². The summed E-state index contributed by atoms with van der Waals surface area (Å²) in [5, 5.41) is 2.59. The fourth-order valence-corrected chi connectivity index (χ4v) is 0.566. The van der Waals surface area contributed by atoms with E-state index < -0.39 is 6.09 Å². The Labute approximate surface area is 66.9 Å². The second-order valence-electron chi connectivity index (χ2n) is 2.37. The summed E-state index contributed by atoms with van der Waals surface area (Å²) in [6.45, 7) is 3.73. The Morgan fingerprint density at radius 2 is 1.91 bits per heavy atom. The molecular weight excluding hydrogens is 146 g/mol. The predicted molar refractivity (Wildman–Crippen MR) is 41.5 cm³/mol. The van der Waals surface area contributed by atoms with E-state index >= 15 is 0 Å². The molecule has 0 radical (unpaired) electrons. The van der Waals surface area contributed by atoms with Crippen LogP contribution in [-0.4, -0.2) is 32.5 Å². The monoisotopic (exact) mass is 161 g/mol. The normalized spacial score (nSPS) is 15.3. The number of carbonyl (C=O) groups is 1. The van der Waals surface area contributed by atoms with E-state index in [9.17, 15) is 4.79 Å². The molecule has 0 heterocycles. The molecule has 1 N–H and O–H groups in total. The van der Waals surface area contributed by atoms with Crippen molar-refractivity contribution in [2.75, 3.05) is 14.2 Å². The second-order valence-corrected chi connectivity index (χ2v) is 2.37. The zero-order chi connectivity index (χ0) is 8.85. The highest BCUT2D eigenvalue weighted by molar-refractivity contribution is 5.67. The Morgan fingerprint density at radius 1 is 1.36 bits per heavy atom. The fraction of sp³-hybridized carbons (Fsp3) is 0.857. The molecule has 0 bridgehead atoms. The zero-order valence-corrected chi connectivity index (χ0v) is 7.38. The number of ether oxygens (including phenoxy) is 2. The van der Waals surface area contributed by atoms with Gasteiger partial charge in [-0.15, -0.1) is 0 Å². The quantitative estimate of drug-likeness (QED) is 0.665. The van der Waals surface area contributed by atoms with E-state index in [1.807, 2.05) is 13.8 Å². The standard InChI is InChI=1S/C7H15NO3/c1-5(6(2)10-3)8-7(9)11-4/h5-6H,1-4H3,(H,8,9). The summed E-state index contributed by atoms with van der Waals surface area (Å²) in [6, 6.07) is -0.0348. The Balaban J connectivity index is 3.67. The average Bonchev–Trinajstić information content (AvgIpc) is 2.02. The van der Waals surface area contributed by atoms with Crippen molar-refractivity contribution in [1.29, 1.82) is 0 Å². The maximum absolute atomic E-state index is 10.7. The molecule has 0 aromatic heterocycles. The first-order valence-electron chi connectivity index (χ1n) is 3.49. The van der Waals surface area contributed by atoms with Gasteiger partial charge in [-0.2, -0.15) is 0 Å². The van der Waals surface area contributed by atoms with Crippen LogP contribution in [0.25, 0.3) is 0 Å². The third-order valence-corrected chi connectivity index (χ3v) is 1.61. The highest BCUT2D eigenvalue weighted by atomic mass is 16.5. The van der Waals surface area contributed by atoms with E-state index in [0.29, 0.717) is 0 Å². The smallest absolute Gasteiger partial charge is 0.407 e. The summed E-state index contributed by atoms with van der Waals surface area (Å²) in [5.74, 6) is 0. The van der Waals surface area contributed by atoms with Crippen LogP contribution in [0.2, 0.25) is 0 Å². The van der Waals surface area contributed by atoms with E-state index in [0.717, 1.165) is 0 Å². The summed E-state index contributed by atoms with van der Waals surface area (Å²) in [5.41, 5.74) is 0. The van der Waals surface area contributed by atoms with Crippen molar-refractivity contribution >= 4 is 6.09 Å². The molecular formula is C7H15NO3. The minimum absolute atomic E-state index is 0.00546.